The highest BCUT2D eigenvalue weighted by Crippen LogP contribution is 2.29. The third-order valence-corrected chi connectivity index (χ3v) is 4.12. The highest BCUT2D eigenvalue weighted by atomic mass is 16.2. The van der Waals surface area contributed by atoms with Crippen molar-refractivity contribution < 1.29 is 4.79 Å². The van der Waals surface area contributed by atoms with Crippen LogP contribution >= 0.6 is 0 Å². The van der Waals surface area contributed by atoms with E-state index in [1.807, 2.05) is 17.9 Å². The maximum absolute atomic E-state index is 12.2. The lowest BCUT2D eigenvalue weighted by atomic mass is 9.92. The highest BCUT2D eigenvalue weighted by molar-refractivity contribution is 5.79. The van der Waals surface area contributed by atoms with E-state index in [4.69, 9.17) is 0 Å². The lowest BCUT2D eigenvalue weighted by molar-refractivity contribution is -0.125. The van der Waals surface area contributed by atoms with Crippen molar-refractivity contribution in [3.63, 3.8) is 0 Å². The number of carbonyl (C=O) groups is 1. The monoisotopic (exact) mass is 248 g/mol. The Balaban J connectivity index is 1.72. The van der Waals surface area contributed by atoms with Gasteiger partial charge in [0.25, 0.3) is 0 Å². The number of aromatic nitrogens is 2. The Labute approximate surface area is 107 Å². The average molecular weight is 248 g/mol. The van der Waals surface area contributed by atoms with Crippen LogP contribution < -0.4 is 10.6 Å². The zero-order chi connectivity index (χ0) is 12.5. The second-order valence-corrected chi connectivity index (χ2v) is 5.31. The van der Waals surface area contributed by atoms with Crippen LogP contribution in [0.5, 0.6) is 0 Å². The first-order valence-electron chi connectivity index (χ1n) is 6.77. The Kier molecular flexibility index (Phi) is 3.07. The molecule has 2 atom stereocenters. The molecular formula is C13H20N4O. The van der Waals surface area contributed by atoms with Crippen LogP contribution in [0.1, 0.15) is 36.6 Å². The molecule has 1 fully saturated rings. The van der Waals surface area contributed by atoms with Crippen molar-refractivity contribution in [1.29, 1.82) is 0 Å². The molecule has 3 rings (SSSR count). The Morgan fingerprint density at radius 3 is 3.22 bits per heavy atom. The van der Waals surface area contributed by atoms with Crippen LogP contribution in [-0.4, -0.2) is 28.8 Å². The van der Waals surface area contributed by atoms with Crippen molar-refractivity contribution in [1.82, 2.24) is 20.4 Å². The molecule has 5 heteroatoms. The first-order chi connectivity index (χ1) is 8.75. The zero-order valence-electron chi connectivity index (χ0n) is 10.8. The molecule has 2 unspecified atom stereocenters. The fourth-order valence-corrected chi connectivity index (χ4v) is 3.02. The van der Waals surface area contributed by atoms with Gasteiger partial charge in [-0.1, -0.05) is 0 Å². The summed E-state index contributed by atoms with van der Waals surface area (Å²) in [5.41, 5.74) is 2.49. The molecule has 0 saturated carbocycles. The normalized spacial score (nSPS) is 26.9. The van der Waals surface area contributed by atoms with Crippen LogP contribution in [0, 0.1) is 5.92 Å². The molecule has 2 aliphatic rings. The maximum atomic E-state index is 12.2. The van der Waals surface area contributed by atoms with E-state index >= 15 is 0 Å². The molecule has 1 amide bonds. The summed E-state index contributed by atoms with van der Waals surface area (Å²) in [5, 5.41) is 10.7. The molecule has 0 radical (unpaired) electrons. The number of aryl methyl sites for hydroxylation is 1. The molecule has 18 heavy (non-hydrogen) atoms. The standard InChI is InChI=1S/C13H20N4O/c1-17-12-4-2-3-11(10(12)8-15-17)16-13(18)9-5-6-14-7-9/h8-9,11,14H,2-7H2,1H3,(H,16,18). The van der Waals surface area contributed by atoms with Crippen LogP contribution in [0.4, 0.5) is 0 Å². The summed E-state index contributed by atoms with van der Waals surface area (Å²) in [6.45, 7) is 1.78. The summed E-state index contributed by atoms with van der Waals surface area (Å²) in [7, 11) is 1.98. The van der Waals surface area contributed by atoms with Gasteiger partial charge in [0.05, 0.1) is 18.2 Å². The Bertz CT molecular complexity index is 448. The summed E-state index contributed by atoms with van der Waals surface area (Å²) in [5.74, 6) is 0.341. The van der Waals surface area contributed by atoms with Crippen molar-refractivity contribution in [2.75, 3.05) is 13.1 Å². The van der Waals surface area contributed by atoms with Crippen molar-refractivity contribution >= 4 is 5.91 Å². The second-order valence-electron chi connectivity index (χ2n) is 5.31. The predicted octanol–water partition coefficient (Wildman–Crippen LogP) is 0.523. The summed E-state index contributed by atoms with van der Waals surface area (Å²) in [6.07, 6.45) is 6.10. The van der Waals surface area contributed by atoms with E-state index < -0.39 is 0 Å². The summed E-state index contributed by atoms with van der Waals surface area (Å²) in [6, 6.07) is 0.163. The first kappa shape index (κ1) is 11.7. The van der Waals surface area contributed by atoms with Gasteiger partial charge in [-0.25, -0.2) is 0 Å². The number of fused-ring (bicyclic) bond motifs is 1. The molecule has 0 bridgehead atoms. The zero-order valence-corrected chi connectivity index (χ0v) is 10.8. The lowest BCUT2D eigenvalue weighted by Gasteiger charge is -2.25. The van der Waals surface area contributed by atoms with Crippen molar-refractivity contribution in [2.24, 2.45) is 13.0 Å². The maximum Gasteiger partial charge on any atom is 0.224 e. The van der Waals surface area contributed by atoms with E-state index in [0.717, 1.165) is 38.8 Å². The third kappa shape index (κ3) is 2.03. The Morgan fingerprint density at radius 1 is 1.56 bits per heavy atom. The minimum absolute atomic E-state index is 0.145. The molecule has 0 spiro atoms. The van der Waals surface area contributed by atoms with Gasteiger partial charge in [0.2, 0.25) is 5.91 Å². The first-order valence-corrected chi connectivity index (χ1v) is 6.77. The molecule has 1 aromatic rings. The molecule has 2 heterocycles. The molecule has 1 aliphatic carbocycles. The van der Waals surface area contributed by atoms with Gasteiger partial charge in [-0.3, -0.25) is 9.48 Å². The molecule has 1 aliphatic heterocycles. The van der Waals surface area contributed by atoms with Crippen LogP contribution in [0.15, 0.2) is 6.20 Å². The Hall–Kier alpha value is -1.36. The van der Waals surface area contributed by atoms with Gasteiger partial charge in [0, 0.05) is 24.8 Å². The summed E-state index contributed by atoms with van der Waals surface area (Å²) in [4.78, 5) is 12.2. The molecular weight excluding hydrogens is 228 g/mol. The van der Waals surface area contributed by atoms with Gasteiger partial charge in [0.1, 0.15) is 0 Å². The number of nitrogens with zero attached hydrogens (tertiary/aromatic N) is 2. The van der Waals surface area contributed by atoms with E-state index in [2.05, 4.69) is 15.7 Å². The molecule has 0 aromatic carbocycles. The predicted molar refractivity (Wildman–Crippen MR) is 68.0 cm³/mol. The van der Waals surface area contributed by atoms with Gasteiger partial charge >= 0.3 is 0 Å². The number of amides is 1. The topological polar surface area (TPSA) is 59.0 Å². The molecule has 1 saturated heterocycles. The summed E-state index contributed by atoms with van der Waals surface area (Å²) >= 11 is 0. The second kappa shape index (κ2) is 4.72. The van der Waals surface area contributed by atoms with E-state index in [9.17, 15) is 4.79 Å². The van der Waals surface area contributed by atoms with Crippen LogP contribution in [0.2, 0.25) is 0 Å². The van der Waals surface area contributed by atoms with E-state index in [0.29, 0.717) is 0 Å². The molecule has 2 N–H and O–H groups in total. The fourth-order valence-electron chi connectivity index (χ4n) is 3.02. The van der Waals surface area contributed by atoms with Gasteiger partial charge < -0.3 is 10.6 Å². The Morgan fingerprint density at radius 2 is 2.44 bits per heavy atom. The quantitative estimate of drug-likeness (QED) is 0.802. The van der Waals surface area contributed by atoms with E-state index in [1.54, 1.807) is 0 Å². The molecule has 98 valence electrons. The van der Waals surface area contributed by atoms with Crippen LogP contribution in [0.25, 0.3) is 0 Å². The largest absolute Gasteiger partial charge is 0.349 e. The van der Waals surface area contributed by atoms with Crippen molar-refractivity contribution in [3.05, 3.63) is 17.5 Å². The SMILES string of the molecule is Cn1ncc2c1CCCC2NC(=O)C1CCNC1. The number of rotatable bonds is 2. The van der Waals surface area contributed by atoms with Crippen molar-refractivity contribution in [3.8, 4) is 0 Å². The van der Waals surface area contributed by atoms with Crippen LogP contribution in [0.3, 0.4) is 0 Å². The van der Waals surface area contributed by atoms with E-state index in [1.165, 1.54) is 11.3 Å². The van der Waals surface area contributed by atoms with Gasteiger partial charge in [-0.15, -0.1) is 0 Å². The summed E-state index contributed by atoms with van der Waals surface area (Å²) < 4.78 is 1.94. The molecule has 1 aromatic heterocycles. The minimum atomic E-state index is 0.145. The molecule has 5 nitrogen and oxygen atoms in total. The third-order valence-electron chi connectivity index (χ3n) is 4.12. The van der Waals surface area contributed by atoms with Crippen LogP contribution in [-0.2, 0) is 18.3 Å². The van der Waals surface area contributed by atoms with Gasteiger partial charge in [-0.2, -0.15) is 5.10 Å². The number of carbonyl (C=O) groups excluding carboxylic acids is 1. The highest BCUT2D eigenvalue weighted by Gasteiger charge is 2.28. The fraction of sp³-hybridized carbons (Fsp3) is 0.692. The van der Waals surface area contributed by atoms with Gasteiger partial charge in [-0.05, 0) is 32.2 Å². The lowest BCUT2D eigenvalue weighted by Crippen LogP contribution is -2.36. The van der Waals surface area contributed by atoms with Crippen molar-refractivity contribution in [2.45, 2.75) is 31.7 Å². The average Bonchev–Trinajstić information content (AvgIpc) is 3.00. The number of nitrogens with one attached hydrogen (secondary N) is 2. The van der Waals surface area contributed by atoms with E-state index in [-0.39, 0.29) is 17.9 Å². The smallest absolute Gasteiger partial charge is 0.224 e. The minimum Gasteiger partial charge on any atom is -0.349 e. The number of hydrogen-bond acceptors (Lipinski definition) is 3. The number of hydrogen-bond donors (Lipinski definition) is 2. The van der Waals surface area contributed by atoms with Gasteiger partial charge in [0.15, 0.2) is 0 Å².